The van der Waals surface area contributed by atoms with Crippen LogP contribution in [0.3, 0.4) is 0 Å². The normalized spacial score (nSPS) is 55.0. The van der Waals surface area contributed by atoms with Crippen molar-refractivity contribution in [2.75, 3.05) is 13.2 Å². The molecule has 0 bridgehead atoms. The van der Waals surface area contributed by atoms with Crippen LogP contribution in [0.25, 0.3) is 0 Å². The Labute approximate surface area is 170 Å². The van der Waals surface area contributed by atoms with Gasteiger partial charge in [-0.2, -0.15) is 0 Å². The van der Waals surface area contributed by atoms with Gasteiger partial charge in [0.2, 0.25) is 0 Å². The maximum Gasteiger partial charge on any atom is 0.169 e. The lowest BCUT2D eigenvalue weighted by Gasteiger charge is -2.62. The van der Waals surface area contributed by atoms with Gasteiger partial charge in [0.15, 0.2) is 5.79 Å². The molecule has 0 amide bonds. The second-order valence-electron chi connectivity index (χ2n) is 11.4. The molecule has 5 rings (SSSR count). The van der Waals surface area contributed by atoms with Crippen molar-refractivity contribution in [1.82, 2.24) is 0 Å². The van der Waals surface area contributed by atoms with Gasteiger partial charge in [-0.3, -0.25) is 0 Å². The Kier molecular flexibility index (Phi) is 4.31. The molecular weight excluding hydrogens is 348 g/mol. The van der Waals surface area contributed by atoms with Gasteiger partial charge < -0.3 is 14.6 Å². The topological polar surface area (TPSA) is 38.7 Å². The second kappa shape index (κ2) is 6.22. The van der Waals surface area contributed by atoms with E-state index in [-0.39, 0.29) is 5.79 Å². The third kappa shape index (κ3) is 2.53. The maximum atomic E-state index is 10.7. The molecule has 0 spiro atoms. The monoisotopic (exact) mass is 386 g/mol. The van der Waals surface area contributed by atoms with E-state index >= 15 is 0 Å². The van der Waals surface area contributed by atoms with Gasteiger partial charge in [-0.15, -0.1) is 6.42 Å². The molecule has 0 unspecified atom stereocenters. The Morgan fingerprint density at radius 2 is 1.57 bits per heavy atom. The molecule has 3 heteroatoms. The van der Waals surface area contributed by atoms with Crippen LogP contribution in [0.2, 0.25) is 0 Å². The van der Waals surface area contributed by atoms with Crippen molar-refractivity contribution in [2.45, 2.75) is 89.9 Å². The fourth-order valence-corrected chi connectivity index (χ4v) is 8.97. The average Bonchev–Trinajstić information content (AvgIpc) is 3.26. The van der Waals surface area contributed by atoms with E-state index in [2.05, 4.69) is 26.7 Å². The largest absolute Gasteiger partial charge is 0.378 e. The molecule has 4 aliphatic carbocycles. The first-order chi connectivity index (χ1) is 13.2. The summed E-state index contributed by atoms with van der Waals surface area (Å²) in [5.41, 5.74) is -0.155. The van der Waals surface area contributed by atoms with Gasteiger partial charge in [-0.05, 0) is 99.2 Å². The zero-order chi connectivity index (χ0) is 19.8. The highest BCUT2D eigenvalue weighted by Gasteiger charge is 2.64. The Balaban J connectivity index is 1.40. The minimum atomic E-state index is -0.857. The number of aliphatic hydroxyl groups is 1. The van der Waals surface area contributed by atoms with Crippen LogP contribution in [0.5, 0.6) is 0 Å². The van der Waals surface area contributed by atoms with E-state index in [1.54, 1.807) is 0 Å². The number of fused-ring (bicyclic) bond motifs is 5. The van der Waals surface area contributed by atoms with Crippen LogP contribution in [-0.2, 0) is 9.47 Å². The zero-order valence-electron chi connectivity index (χ0n) is 18.0. The van der Waals surface area contributed by atoms with Crippen molar-refractivity contribution in [1.29, 1.82) is 0 Å². The summed E-state index contributed by atoms with van der Waals surface area (Å²) >= 11 is 0. The lowest BCUT2D eigenvalue weighted by molar-refractivity contribution is -0.219. The summed E-state index contributed by atoms with van der Waals surface area (Å²) in [4.78, 5) is 0. The Hall–Kier alpha value is -0.560. The Bertz CT molecular complexity index is 676. The highest BCUT2D eigenvalue weighted by atomic mass is 16.7. The summed E-state index contributed by atoms with van der Waals surface area (Å²) in [7, 11) is 0. The smallest absolute Gasteiger partial charge is 0.169 e. The highest BCUT2D eigenvalue weighted by Crippen LogP contribution is 2.69. The van der Waals surface area contributed by atoms with E-state index in [0.29, 0.717) is 22.7 Å². The van der Waals surface area contributed by atoms with E-state index in [1.807, 2.05) is 0 Å². The van der Waals surface area contributed by atoms with Crippen LogP contribution in [0.4, 0.5) is 0 Å². The molecule has 0 aromatic carbocycles. The molecule has 1 heterocycles. The zero-order valence-corrected chi connectivity index (χ0v) is 18.0. The fraction of sp³-hybridized carbons (Fsp3) is 0.920. The van der Waals surface area contributed by atoms with E-state index < -0.39 is 5.60 Å². The van der Waals surface area contributed by atoms with Gasteiger partial charge in [-0.25, -0.2) is 0 Å². The molecule has 4 saturated carbocycles. The van der Waals surface area contributed by atoms with Gasteiger partial charge in [0.05, 0.1) is 13.2 Å². The van der Waals surface area contributed by atoms with Crippen molar-refractivity contribution in [3.05, 3.63) is 0 Å². The van der Waals surface area contributed by atoms with Crippen LogP contribution in [-0.4, -0.2) is 29.7 Å². The summed E-state index contributed by atoms with van der Waals surface area (Å²) in [6.45, 7) is 8.78. The van der Waals surface area contributed by atoms with Crippen molar-refractivity contribution in [2.24, 2.45) is 40.4 Å². The molecule has 1 aliphatic heterocycles. The van der Waals surface area contributed by atoms with Crippen molar-refractivity contribution in [3.63, 3.8) is 0 Å². The predicted octanol–water partition coefficient (Wildman–Crippen LogP) is 4.77. The van der Waals surface area contributed by atoms with Crippen molar-refractivity contribution >= 4 is 0 Å². The molecule has 0 radical (unpaired) electrons. The van der Waals surface area contributed by atoms with Crippen LogP contribution in [0.15, 0.2) is 0 Å². The molecule has 0 aromatic rings. The van der Waals surface area contributed by atoms with Crippen molar-refractivity contribution < 1.29 is 14.6 Å². The third-order valence-corrected chi connectivity index (χ3v) is 10.5. The highest BCUT2D eigenvalue weighted by molar-refractivity contribution is 5.16. The van der Waals surface area contributed by atoms with E-state index in [0.717, 1.165) is 50.2 Å². The molecule has 5 fully saturated rings. The molecule has 8 atom stereocenters. The molecule has 0 aromatic heterocycles. The molecule has 1 N–H and O–H groups in total. The van der Waals surface area contributed by atoms with Gasteiger partial charge >= 0.3 is 0 Å². The van der Waals surface area contributed by atoms with Crippen LogP contribution in [0.1, 0.15) is 78.6 Å². The van der Waals surface area contributed by atoms with Gasteiger partial charge in [0.1, 0.15) is 5.60 Å². The summed E-state index contributed by atoms with van der Waals surface area (Å²) in [5, 5.41) is 10.7. The SMILES string of the molecule is C#C[C@@]1(O)CC[C@@]2(C)[C@@H](CC[C@@H]3[C@@H]2CC[C@]2(C)[C@@H](C4(C)OCCO4)CC[C@@H]32)C1. The first kappa shape index (κ1) is 19.4. The predicted molar refractivity (Wildman–Crippen MR) is 109 cm³/mol. The van der Waals surface area contributed by atoms with Crippen molar-refractivity contribution in [3.8, 4) is 12.3 Å². The first-order valence-electron chi connectivity index (χ1n) is 11.7. The number of rotatable bonds is 1. The third-order valence-electron chi connectivity index (χ3n) is 10.5. The summed E-state index contributed by atoms with van der Waals surface area (Å²) < 4.78 is 12.3. The van der Waals surface area contributed by atoms with Crippen LogP contribution >= 0.6 is 0 Å². The molecular formula is C25H38O3. The lowest BCUT2D eigenvalue weighted by atomic mass is 9.43. The minimum absolute atomic E-state index is 0.345. The second-order valence-corrected chi connectivity index (χ2v) is 11.4. The standard InChI is InChI=1S/C25H38O3/c1-5-25(26)13-12-22(2)17(16-25)6-7-18-19-8-9-21(24(4)27-14-15-28-24)23(19,3)11-10-20(18)22/h1,17-21,26H,6-16H2,2-4H3/t17-,18-,19-,20-,21-,22-,23-,25+/m0/s1. The number of terminal acetylenes is 1. The van der Waals surface area contributed by atoms with Gasteiger partial charge in [0.25, 0.3) is 0 Å². The Morgan fingerprint density at radius 3 is 2.29 bits per heavy atom. The molecule has 3 nitrogen and oxygen atoms in total. The number of hydrogen-bond acceptors (Lipinski definition) is 3. The fourth-order valence-electron chi connectivity index (χ4n) is 8.97. The minimum Gasteiger partial charge on any atom is -0.378 e. The average molecular weight is 387 g/mol. The first-order valence-corrected chi connectivity index (χ1v) is 11.7. The summed E-state index contributed by atoms with van der Waals surface area (Å²) in [6.07, 6.45) is 16.1. The number of hydrogen-bond donors (Lipinski definition) is 1. The van der Waals surface area contributed by atoms with Crippen LogP contribution in [0, 0.1) is 52.8 Å². The van der Waals surface area contributed by atoms with E-state index in [1.165, 1.54) is 38.5 Å². The summed E-state index contributed by atoms with van der Waals surface area (Å²) in [5.74, 6) is 5.88. The van der Waals surface area contributed by atoms with Crippen LogP contribution < -0.4 is 0 Å². The molecule has 1 saturated heterocycles. The number of ether oxygens (including phenoxy) is 2. The molecule has 5 aliphatic rings. The molecule has 28 heavy (non-hydrogen) atoms. The summed E-state index contributed by atoms with van der Waals surface area (Å²) in [6, 6.07) is 0. The van der Waals surface area contributed by atoms with E-state index in [4.69, 9.17) is 15.9 Å². The Morgan fingerprint density at radius 1 is 0.857 bits per heavy atom. The molecule has 156 valence electrons. The van der Waals surface area contributed by atoms with Gasteiger partial charge in [-0.1, -0.05) is 19.8 Å². The maximum absolute atomic E-state index is 10.7. The van der Waals surface area contributed by atoms with Gasteiger partial charge in [0, 0.05) is 5.92 Å². The lowest BCUT2D eigenvalue weighted by Crippen LogP contribution is -2.56. The van der Waals surface area contributed by atoms with E-state index in [9.17, 15) is 5.11 Å². The quantitative estimate of drug-likeness (QED) is 0.660.